The lowest BCUT2D eigenvalue weighted by Gasteiger charge is -2.28. The van der Waals surface area contributed by atoms with Gasteiger partial charge in [-0.3, -0.25) is 4.79 Å². The number of nitrogens with zero attached hydrogens (tertiary/aromatic N) is 2. The van der Waals surface area contributed by atoms with E-state index in [2.05, 4.69) is 63.0 Å². The van der Waals surface area contributed by atoms with E-state index < -0.39 is 0 Å². The van der Waals surface area contributed by atoms with Crippen LogP contribution >= 0.6 is 0 Å². The minimum atomic E-state index is -0.192. The molecule has 26 heavy (non-hydrogen) atoms. The number of fused-ring (bicyclic) bond motifs is 3. The van der Waals surface area contributed by atoms with E-state index in [1.807, 2.05) is 6.08 Å². The van der Waals surface area contributed by atoms with Crippen molar-refractivity contribution in [3.8, 4) is 11.1 Å². The molecule has 3 aliphatic rings. The molecule has 0 atom stereocenters. The van der Waals surface area contributed by atoms with E-state index in [4.69, 9.17) is 0 Å². The Morgan fingerprint density at radius 1 is 1.00 bits per heavy atom. The van der Waals surface area contributed by atoms with Gasteiger partial charge < -0.3 is 15.5 Å². The summed E-state index contributed by atoms with van der Waals surface area (Å²) < 4.78 is 0. The van der Waals surface area contributed by atoms with Gasteiger partial charge in [0.2, 0.25) is 5.96 Å². The van der Waals surface area contributed by atoms with Gasteiger partial charge in [-0.1, -0.05) is 42.5 Å². The summed E-state index contributed by atoms with van der Waals surface area (Å²) in [5.41, 5.74) is 6.88. The highest BCUT2D eigenvalue weighted by molar-refractivity contribution is 6.12. The van der Waals surface area contributed by atoms with Crippen LogP contribution in [0, 0.1) is 0 Å². The van der Waals surface area contributed by atoms with Crippen LogP contribution in [0.15, 0.2) is 53.2 Å². The third kappa shape index (κ3) is 2.61. The molecule has 0 spiro atoms. The van der Waals surface area contributed by atoms with Crippen molar-refractivity contribution in [1.82, 2.24) is 15.5 Å². The smallest absolute Gasteiger partial charge is 0.296 e. The van der Waals surface area contributed by atoms with E-state index in [9.17, 15) is 4.79 Å². The fraction of sp³-hybridized carbons (Fsp3) is 0.238. The zero-order valence-corrected chi connectivity index (χ0v) is 14.5. The second-order valence-electron chi connectivity index (χ2n) is 6.91. The van der Waals surface area contributed by atoms with E-state index in [1.54, 1.807) is 0 Å². The number of guanidine groups is 1. The number of aliphatic imine (C=N–C) groups is 1. The number of hydrogen-bond donors (Lipinski definition) is 2. The van der Waals surface area contributed by atoms with Crippen LogP contribution in [0.25, 0.3) is 17.2 Å². The van der Waals surface area contributed by atoms with Gasteiger partial charge in [-0.2, -0.15) is 4.99 Å². The number of amides is 1. The number of benzene rings is 2. The zero-order chi connectivity index (χ0) is 17.5. The number of nitrogens with one attached hydrogen (secondary N) is 2. The molecule has 2 N–H and O–H groups in total. The third-order valence-electron chi connectivity index (χ3n) is 5.23. The normalized spacial score (nSPS) is 20.0. The summed E-state index contributed by atoms with van der Waals surface area (Å²) in [5.74, 6) is 0.485. The van der Waals surface area contributed by atoms with Gasteiger partial charge in [0.05, 0.1) is 0 Å². The number of carbonyl (C=O) groups is 1. The molecule has 1 saturated heterocycles. The lowest BCUT2D eigenvalue weighted by atomic mass is 10.0. The van der Waals surface area contributed by atoms with Crippen molar-refractivity contribution < 1.29 is 4.79 Å². The van der Waals surface area contributed by atoms with Gasteiger partial charge in [0.25, 0.3) is 5.91 Å². The van der Waals surface area contributed by atoms with Crippen LogP contribution in [0.3, 0.4) is 0 Å². The lowest BCUT2D eigenvalue weighted by molar-refractivity contribution is -0.114. The van der Waals surface area contributed by atoms with Crippen molar-refractivity contribution in [3.63, 3.8) is 0 Å². The third-order valence-corrected chi connectivity index (χ3v) is 5.23. The summed E-state index contributed by atoms with van der Waals surface area (Å²) in [6.07, 6.45) is 2.86. The highest BCUT2D eigenvalue weighted by Gasteiger charge is 2.25. The van der Waals surface area contributed by atoms with Gasteiger partial charge in [-0.05, 0) is 40.3 Å². The Bertz CT molecular complexity index is 954. The van der Waals surface area contributed by atoms with Crippen molar-refractivity contribution in [1.29, 1.82) is 0 Å². The lowest BCUT2D eigenvalue weighted by Crippen LogP contribution is -2.49. The molecule has 5 nitrogen and oxygen atoms in total. The van der Waals surface area contributed by atoms with Crippen LogP contribution in [-0.2, 0) is 11.2 Å². The minimum Gasteiger partial charge on any atom is -0.340 e. The van der Waals surface area contributed by atoms with Crippen molar-refractivity contribution in [3.05, 3.63) is 64.9 Å². The molecule has 0 unspecified atom stereocenters. The quantitative estimate of drug-likeness (QED) is 0.663. The molecule has 1 fully saturated rings. The average molecular weight is 344 g/mol. The van der Waals surface area contributed by atoms with Crippen molar-refractivity contribution in [2.75, 3.05) is 26.2 Å². The fourth-order valence-corrected chi connectivity index (χ4v) is 3.90. The average Bonchev–Trinajstić information content (AvgIpc) is 3.22. The second kappa shape index (κ2) is 6.11. The first-order valence-corrected chi connectivity index (χ1v) is 9.06. The topological polar surface area (TPSA) is 56.7 Å². The predicted molar refractivity (Wildman–Crippen MR) is 103 cm³/mol. The second-order valence-corrected chi connectivity index (χ2v) is 6.91. The first-order chi connectivity index (χ1) is 12.8. The summed E-state index contributed by atoms with van der Waals surface area (Å²) in [5, 5.41) is 6.51. The Balaban J connectivity index is 1.39. The maximum atomic E-state index is 12.3. The van der Waals surface area contributed by atoms with Crippen molar-refractivity contribution >= 4 is 17.9 Å². The van der Waals surface area contributed by atoms with E-state index in [1.165, 1.54) is 22.3 Å². The Morgan fingerprint density at radius 2 is 1.81 bits per heavy atom. The van der Waals surface area contributed by atoms with E-state index >= 15 is 0 Å². The Kier molecular flexibility index (Phi) is 3.60. The van der Waals surface area contributed by atoms with Crippen molar-refractivity contribution in [2.45, 2.75) is 6.42 Å². The molecule has 1 aliphatic carbocycles. The van der Waals surface area contributed by atoms with Crippen LogP contribution in [-0.4, -0.2) is 42.9 Å². The molecule has 5 heteroatoms. The van der Waals surface area contributed by atoms with Gasteiger partial charge in [-0.25, -0.2) is 0 Å². The zero-order valence-electron chi connectivity index (χ0n) is 14.5. The molecule has 0 bridgehead atoms. The van der Waals surface area contributed by atoms with E-state index in [0.717, 1.165) is 38.2 Å². The van der Waals surface area contributed by atoms with Crippen LogP contribution in [0.1, 0.15) is 16.7 Å². The summed E-state index contributed by atoms with van der Waals surface area (Å²) in [4.78, 5) is 18.6. The molecule has 2 aliphatic heterocycles. The van der Waals surface area contributed by atoms with Gasteiger partial charge >= 0.3 is 0 Å². The number of piperazine rings is 1. The molecule has 1 amide bonds. The monoisotopic (exact) mass is 344 g/mol. The molecule has 5 rings (SSSR count). The summed E-state index contributed by atoms with van der Waals surface area (Å²) in [6, 6.07) is 14.9. The molecule has 0 radical (unpaired) electrons. The SMILES string of the molecule is O=C1N=C(N2CCNCC2)N/C1=C\c1ccc2c(c1)Cc1ccccc1-2. The molecule has 0 saturated carbocycles. The molecule has 0 aromatic heterocycles. The van der Waals surface area contributed by atoms with Crippen LogP contribution in [0.4, 0.5) is 0 Å². The number of carbonyl (C=O) groups excluding carboxylic acids is 1. The Labute approximate surface area is 152 Å². The Hall–Kier alpha value is -2.92. The fourth-order valence-electron chi connectivity index (χ4n) is 3.90. The minimum absolute atomic E-state index is 0.192. The number of hydrogen-bond acceptors (Lipinski definition) is 4. The number of rotatable bonds is 1. The van der Waals surface area contributed by atoms with Gasteiger partial charge in [0, 0.05) is 26.2 Å². The largest absolute Gasteiger partial charge is 0.340 e. The molecule has 2 aromatic carbocycles. The highest BCUT2D eigenvalue weighted by atomic mass is 16.2. The highest BCUT2D eigenvalue weighted by Crippen LogP contribution is 2.37. The molecule has 130 valence electrons. The van der Waals surface area contributed by atoms with E-state index in [-0.39, 0.29) is 5.91 Å². The first-order valence-electron chi connectivity index (χ1n) is 9.06. The van der Waals surface area contributed by atoms with Crippen LogP contribution in [0.2, 0.25) is 0 Å². The van der Waals surface area contributed by atoms with Crippen LogP contribution in [0.5, 0.6) is 0 Å². The van der Waals surface area contributed by atoms with E-state index in [0.29, 0.717) is 11.7 Å². The predicted octanol–water partition coefficient (Wildman–Crippen LogP) is 1.99. The molecular weight excluding hydrogens is 324 g/mol. The first kappa shape index (κ1) is 15.3. The van der Waals surface area contributed by atoms with Crippen LogP contribution < -0.4 is 10.6 Å². The van der Waals surface area contributed by atoms with Gasteiger partial charge in [0.15, 0.2) is 0 Å². The molecular formula is C21H20N4O. The van der Waals surface area contributed by atoms with Gasteiger partial charge in [0.1, 0.15) is 5.70 Å². The van der Waals surface area contributed by atoms with Crippen molar-refractivity contribution in [2.24, 2.45) is 4.99 Å². The standard InChI is InChI=1S/C21H20N4O/c26-20-19(23-21(24-20)25-9-7-22-8-10-25)12-14-5-6-18-16(11-14)13-15-3-1-2-4-17(15)18/h1-6,11-12,22H,7-10,13H2,(H,23,24,26)/b19-12-. The summed E-state index contributed by atoms with van der Waals surface area (Å²) in [6.45, 7) is 3.56. The maximum Gasteiger partial charge on any atom is 0.296 e. The summed E-state index contributed by atoms with van der Waals surface area (Å²) >= 11 is 0. The molecule has 2 heterocycles. The maximum absolute atomic E-state index is 12.3. The molecule has 2 aromatic rings. The summed E-state index contributed by atoms with van der Waals surface area (Å²) in [7, 11) is 0. The van der Waals surface area contributed by atoms with Gasteiger partial charge in [-0.15, -0.1) is 0 Å². The Morgan fingerprint density at radius 3 is 2.69 bits per heavy atom.